The predicted molar refractivity (Wildman–Crippen MR) is 123 cm³/mol. The van der Waals surface area contributed by atoms with E-state index in [1.54, 1.807) is 11.8 Å². The van der Waals surface area contributed by atoms with Crippen molar-refractivity contribution in [3.8, 4) is 0 Å². The lowest BCUT2D eigenvalue weighted by atomic mass is 10.2. The van der Waals surface area contributed by atoms with Gasteiger partial charge in [-0.1, -0.05) is 33.1 Å². The molecule has 0 aromatic heterocycles. The van der Waals surface area contributed by atoms with Gasteiger partial charge in [0.25, 0.3) is 0 Å². The van der Waals surface area contributed by atoms with Crippen molar-refractivity contribution >= 4 is 11.9 Å². The number of ether oxygens (including phenoxy) is 1. The number of allylic oxidation sites excluding steroid dienone is 2. The van der Waals surface area contributed by atoms with Crippen molar-refractivity contribution in [1.29, 1.82) is 0 Å². The highest BCUT2D eigenvalue weighted by molar-refractivity contribution is 6.15. The number of carbonyl (C=O) groups excluding carboxylic acids is 1. The van der Waals surface area contributed by atoms with Gasteiger partial charge in [0.05, 0.1) is 6.61 Å². The van der Waals surface area contributed by atoms with Crippen molar-refractivity contribution in [2.45, 2.75) is 79.1 Å². The van der Waals surface area contributed by atoms with Crippen LogP contribution in [-0.4, -0.2) is 54.5 Å². The number of nitrogens with zero attached hydrogens (tertiary/aromatic N) is 3. The SMILES string of the molecule is CCCCOC(/N=C1\C(=C(/C)N)NC(=O)N1CCCN1CCCCCC1)=C(/C)CC. The van der Waals surface area contributed by atoms with Gasteiger partial charge < -0.3 is 20.7 Å². The predicted octanol–water partition coefficient (Wildman–Crippen LogP) is 4.32. The number of nitrogens with two attached hydrogens (primary N) is 1. The summed E-state index contributed by atoms with van der Waals surface area (Å²) in [5.41, 5.74) is 8.29. The highest BCUT2D eigenvalue weighted by atomic mass is 16.5. The van der Waals surface area contributed by atoms with E-state index in [0.717, 1.165) is 50.9 Å². The summed E-state index contributed by atoms with van der Waals surface area (Å²) in [5.74, 6) is 1.18. The summed E-state index contributed by atoms with van der Waals surface area (Å²) < 4.78 is 5.98. The summed E-state index contributed by atoms with van der Waals surface area (Å²) in [6.45, 7) is 12.6. The Morgan fingerprint density at radius 2 is 1.80 bits per heavy atom. The Labute approximate surface area is 182 Å². The smallest absolute Gasteiger partial charge is 0.327 e. The van der Waals surface area contributed by atoms with E-state index in [0.29, 0.717) is 36.3 Å². The van der Waals surface area contributed by atoms with Crippen molar-refractivity contribution in [2.75, 3.05) is 32.8 Å². The number of urea groups is 1. The minimum atomic E-state index is -0.161. The second-order valence-corrected chi connectivity index (χ2v) is 8.33. The monoisotopic (exact) mass is 419 g/mol. The lowest BCUT2D eigenvalue weighted by Crippen LogP contribution is -2.35. The van der Waals surface area contributed by atoms with Gasteiger partial charge in [-0.2, -0.15) is 4.99 Å². The number of amidine groups is 1. The van der Waals surface area contributed by atoms with Crippen molar-refractivity contribution < 1.29 is 9.53 Å². The minimum absolute atomic E-state index is 0.161. The first-order valence-corrected chi connectivity index (χ1v) is 11.7. The normalized spacial score (nSPS) is 22.1. The summed E-state index contributed by atoms with van der Waals surface area (Å²) in [6, 6.07) is -0.161. The summed E-state index contributed by atoms with van der Waals surface area (Å²) >= 11 is 0. The summed E-state index contributed by atoms with van der Waals surface area (Å²) in [4.78, 5) is 21.7. The Bertz CT molecular complexity index is 657. The molecule has 2 rings (SSSR count). The van der Waals surface area contributed by atoms with Crippen LogP contribution >= 0.6 is 0 Å². The second-order valence-electron chi connectivity index (χ2n) is 8.33. The Morgan fingerprint density at radius 3 is 2.40 bits per heavy atom. The molecule has 0 saturated carbocycles. The molecule has 3 N–H and O–H groups in total. The van der Waals surface area contributed by atoms with Crippen LogP contribution in [0.2, 0.25) is 0 Å². The Morgan fingerprint density at radius 1 is 1.10 bits per heavy atom. The molecular weight excluding hydrogens is 378 g/mol. The standard InChI is InChI=1S/C23H41N5O2/c1-5-7-17-30-22(18(3)6-2)26-21-20(19(4)24)25-23(29)28(21)16-12-15-27-13-10-8-9-11-14-27/h5-17,24H2,1-4H3,(H,25,29)/b20-19-,22-18-,26-21+. The second kappa shape index (κ2) is 12.6. The lowest BCUT2D eigenvalue weighted by Gasteiger charge is -2.22. The molecule has 30 heavy (non-hydrogen) atoms. The van der Waals surface area contributed by atoms with Crippen LogP contribution in [0.15, 0.2) is 27.8 Å². The van der Waals surface area contributed by atoms with Gasteiger partial charge in [-0.05, 0) is 71.2 Å². The van der Waals surface area contributed by atoms with Crippen molar-refractivity contribution in [3.63, 3.8) is 0 Å². The summed E-state index contributed by atoms with van der Waals surface area (Å²) in [5, 5.41) is 2.90. The minimum Gasteiger partial charge on any atom is -0.478 e. The van der Waals surface area contributed by atoms with Crippen molar-refractivity contribution in [2.24, 2.45) is 10.7 Å². The maximum Gasteiger partial charge on any atom is 0.327 e. The fourth-order valence-electron chi connectivity index (χ4n) is 3.68. The molecule has 0 atom stereocenters. The van der Waals surface area contributed by atoms with Gasteiger partial charge in [-0.25, -0.2) is 4.79 Å². The van der Waals surface area contributed by atoms with E-state index in [9.17, 15) is 4.79 Å². The lowest BCUT2D eigenvalue weighted by molar-refractivity contribution is 0.200. The van der Waals surface area contributed by atoms with Gasteiger partial charge in [0.1, 0.15) is 5.70 Å². The average Bonchev–Trinajstić information content (AvgIpc) is 2.88. The molecule has 0 bridgehead atoms. The highest BCUT2D eigenvalue weighted by Crippen LogP contribution is 2.20. The van der Waals surface area contributed by atoms with Crippen LogP contribution < -0.4 is 11.1 Å². The van der Waals surface area contributed by atoms with Crippen LogP contribution in [0, 0.1) is 0 Å². The fraction of sp³-hybridized carbons (Fsp3) is 0.739. The molecule has 170 valence electrons. The molecule has 2 fully saturated rings. The molecule has 0 unspecified atom stereocenters. The zero-order valence-electron chi connectivity index (χ0n) is 19.4. The molecule has 2 heterocycles. The summed E-state index contributed by atoms with van der Waals surface area (Å²) in [7, 11) is 0. The van der Waals surface area contributed by atoms with Crippen LogP contribution in [-0.2, 0) is 4.74 Å². The van der Waals surface area contributed by atoms with Crippen molar-refractivity contribution in [3.05, 3.63) is 22.9 Å². The Balaban J connectivity index is 2.16. The van der Waals surface area contributed by atoms with Gasteiger partial charge in [0.15, 0.2) is 5.84 Å². The molecule has 2 saturated heterocycles. The number of hydrogen-bond donors (Lipinski definition) is 2. The molecule has 2 aliphatic heterocycles. The maximum absolute atomic E-state index is 12.7. The van der Waals surface area contributed by atoms with E-state index in [1.807, 2.05) is 6.92 Å². The first-order chi connectivity index (χ1) is 14.5. The number of nitrogens with one attached hydrogen (secondary N) is 1. The van der Waals surface area contributed by atoms with E-state index in [-0.39, 0.29) is 6.03 Å². The summed E-state index contributed by atoms with van der Waals surface area (Å²) in [6.07, 6.45) is 8.99. The molecule has 0 spiro atoms. The van der Waals surface area contributed by atoms with E-state index in [2.05, 4.69) is 24.1 Å². The fourth-order valence-corrected chi connectivity index (χ4v) is 3.68. The number of rotatable bonds is 10. The van der Waals surface area contributed by atoms with E-state index >= 15 is 0 Å². The number of hydrogen-bond acceptors (Lipinski definition) is 5. The molecule has 0 aromatic rings. The molecule has 0 aromatic carbocycles. The maximum atomic E-state index is 12.7. The zero-order chi connectivity index (χ0) is 21.9. The molecule has 7 nitrogen and oxygen atoms in total. The van der Waals surface area contributed by atoms with Crippen LogP contribution in [0.1, 0.15) is 79.1 Å². The largest absolute Gasteiger partial charge is 0.478 e. The molecule has 0 aliphatic carbocycles. The molecule has 2 aliphatic rings. The Hall–Kier alpha value is -2.02. The van der Waals surface area contributed by atoms with Crippen LogP contribution in [0.25, 0.3) is 0 Å². The first-order valence-electron chi connectivity index (χ1n) is 11.7. The van der Waals surface area contributed by atoms with Crippen LogP contribution in [0.5, 0.6) is 0 Å². The van der Waals surface area contributed by atoms with Crippen LogP contribution in [0.4, 0.5) is 4.79 Å². The third kappa shape index (κ3) is 7.04. The van der Waals surface area contributed by atoms with Gasteiger partial charge in [-0.3, -0.25) is 4.90 Å². The molecule has 7 heteroatoms. The number of carbonyl (C=O) groups is 1. The van der Waals surface area contributed by atoms with Crippen molar-refractivity contribution in [1.82, 2.24) is 15.1 Å². The topological polar surface area (TPSA) is 83.2 Å². The van der Waals surface area contributed by atoms with E-state index in [4.69, 9.17) is 15.5 Å². The first kappa shape index (κ1) is 24.3. The molecule has 2 amide bonds. The average molecular weight is 420 g/mol. The van der Waals surface area contributed by atoms with Gasteiger partial charge in [0, 0.05) is 12.2 Å². The zero-order valence-corrected chi connectivity index (χ0v) is 19.4. The molecule has 0 radical (unpaired) electrons. The van der Waals surface area contributed by atoms with Crippen LogP contribution in [0.3, 0.4) is 0 Å². The third-order valence-electron chi connectivity index (χ3n) is 5.74. The quantitative estimate of drug-likeness (QED) is 0.408. The van der Waals surface area contributed by atoms with E-state index < -0.39 is 0 Å². The van der Waals surface area contributed by atoms with Gasteiger partial charge in [-0.15, -0.1) is 0 Å². The number of aliphatic imine (C=N–C) groups is 1. The Kier molecular flexibility index (Phi) is 10.2. The molecular formula is C23H41N5O2. The van der Waals surface area contributed by atoms with Gasteiger partial charge >= 0.3 is 6.03 Å². The third-order valence-corrected chi connectivity index (χ3v) is 5.74. The van der Waals surface area contributed by atoms with Gasteiger partial charge in [0.2, 0.25) is 5.88 Å². The number of unbranched alkanes of at least 4 members (excludes halogenated alkanes) is 1. The number of amides is 2. The number of likely N-dealkylation sites (tertiary alicyclic amines) is 1. The van der Waals surface area contributed by atoms with E-state index in [1.165, 1.54) is 25.7 Å². The highest BCUT2D eigenvalue weighted by Gasteiger charge is 2.33.